The number of carbonyl (C=O) groups excluding carboxylic acids is 2. The molecule has 0 spiro atoms. The number of nitrogens with zero attached hydrogens (tertiary/aromatic N) is 2. The number of hydrogen-bond acceptors (Lipinski definition) is 10. The fraction of sp³-hybridized carbons (Fsp3) is 0.267. The fourth-order valence-electron chi connectivity index (χ4n) is 4.71. The van der Waals surface area contributed by atoms with Gasteiger partial charge in [-0.15, -0.1) is 11.3 Å². The minimum absolute atomic E-state index is 0.0826. The summed E-state index contributed by atoms with van der Waals surface area (Å²) >= 11 is 7.93. The second kappa shape index (κ2) is 14.6. The second-order valence-electron chi connectivity index (χ2n) is 10.1. The third-order valence-electron chi connectivity index (χ3n) is 7.12. The monoisotopic (exact) mass is 674 g/mol. The van der Waals surface area contributed by atoms with E-state index in [2.05, 4.69) is 15.5 Å². The van der Waals surface area contributed by atoms with Crippen LogP contribution in [0.2, 0.25) is 0 Å². The lowest BCUT2D eigenvalue weighted by atomic mass is 10.1. The molecule has 236 valence electrons. The predicted molar refractivity (Wildman–Crippen MR) is 172 cm³/mol. The van der Waals surface area contributed by atoms with Gasteiger partial charge in [0.25, 0.3) is 5.91 Å². The van der Waals surface area contributed by atoms with Gasteiger partial charge < -0.3 is 25.6 Å². The van der Waals surface area contributed by atoms with Crippen LogP contribution in [0.3, 0.4) is 0 Å². The number of aromatic carboxylic acids is 1. The van der Waals surface area contributed by atoms with Gasteiger partial charge in [0.05, 0.1) is 24.7 Å². The Labute approximate surface area is 270 Å². The van der Waals surface area contributed by atoms with Crippen LogP contribution in [-0.4, -0.2) is 94.1 Å². The molecule has 0 unspecified atom stereocenters. The summed E-state index contributed by atoms with van der Waals surface area (Å²) < 4.78 is 32.7. The highest BCUT2D eigenvalue weighted by Gasteiger charge is 2.35. The predicted octanol–water partition coefficient (Wildman–Crippen LogP) is 4.23. The summed E-state index contributed by atoms with van der Waals surface area (Å²) in [5, 5.41) is 26.9. The molecule has 3 aromatic rings. The number of thioether (sulfide) groups is 1. The molecule has 0 bridgehead atoms. The van der Waals surface area contributed by atoms with Crippen molar-refractivity contribution < 1.29 is 38.1 Å². The summed E-state index contributed by atoms with van der Waals surface area (Å²) in [5.41, 5.74) is 1.05. The van der Waals surface area contributed by atoms with E-state index in [0.717, 1.165) is 43.1 Å². The first-order chi connectivity index (χ1) is 21.6. The van der Waals surface area contributed by atoms with Gasteiger partial charge in [-0.25, -0.2) is 13.6 Å². The number of carboxylic acid groups (broad SMARTS) is 1. The first-order valence-corrected chi connectivity index (χ1v) is 15.9. The van der Waals surface area contributed by atoms with Gasteiger partial charge in [0.1, 0.15) is 21.7 Å². The zero-order valence-corrected chi connectivity index (χ0v) is 26.1. The van der Waals surface area contributed by atoms with Crippen molar-refractivity contribution in [3.05, 3.63) is 74.8 Å². The lowest BCUT2D eigenvalue weighted by Gasteiger charge is -2.28. The summed E-state index contributed by atoms with van der Waals surface area (Å²) in [7, 11) is 0. The van der Waals surface area contributed by atoms with Crippen LogP contribution in [0.1, 0.15) is 15.2 Å². The van der Waals surface area contributed by atoms with E-state index in [1.54, 1.807) is 17.5 Å². The Morgan fingerprint density at radius 2 is 1.87 bits per heavy atom. The van der Waals surface area contributed by atoms with Crippen LogP contribution in [0.4, 0.5) is 14.5 Å². The number of phenols is 1. The molecule has 1 atom stereocenters. The maximum atomic E-state index is 13.7. The minimum atomic E-state index is -1.31. The Hall–Kier alpha value is -3.73. The molecule has 2 saturated heterocycles. The number of thiocarbonyl (C=S) groups is 1. The van der Waals surface area contributed by atoms with E-state index >= 15 is 0 Å². The number of amides is 2. The molecular formula is C30H28F2N4O6S3. The lowest BCUT2D eigenvalue weighted by molar-refractivity contribution is -0.123. The molecule has 0 aliphatic carbocycles. The van der Waals surface area contributed by atoms with E-state index in [1.807, 2.05) is 0 Å². The largest absolute Gasteiger partial charge is 0.507 e. The number of carbonyl (C=O) groups is 3. The minimum Gasteiger partial charge on any atom is -0.507 e. The normalized spacial score (nSPS) is 17.2. The second-order valence-corrected chi connectivity index (χ2v) is 12.8. The standard InChI is InChI=1S/C30H28F2N4O6S3/c31-22-4-1-17(12-23(22)32)18-11-20(44-16-18)14-26-28(39)36(30(43)45-26)15-24(33-5-6-35-7-9-42-10-8-35)27(38)34-19-2-3-21(29(40)41)25(37)13-19/h1-4,11-14,16,24,33,37H,5-10,15H2,(H,34,38)(H,40,41)/b26-14-/t24-/m0/s1. The lowest BCUT2D eigenvalue weighted by Crippen LogP contribution is -2.51. The van der Waals surface area contributed by atoms with Crippen molar-refractivity contribution in [2.75, 3.05) is 51.3 Å². The van der Waals surface area contributed by atoms with Gasteiger partial charge in [-0.3, -0.25) is 19.4 Å². The van der Waals surface area contributed by atoms with E-state index in [4.69, 9.17) is 17.0 Å². The molecule has 1 aromatic heterocycles. The van der Waals surface area contributed by atoms with Crippen molar-refractivity contribution in [2.24, 2.45) is 0 Å². The van der Waals surface area contributed by atoms with Gasteiger partial charge in [0, 0.05) is 42.8 Å². The van der Waals surface area contributed by atoms with Crippen molar-refractivity contribution in [3.63, 3.8) is 0 Å². The Kier molecular flexibility index (Phi) is 10.6. The maximum absolute atomic E-state index is 13.7. The molecule has 2 fully saturated rings. The van der Waals surface area contributed by atoms with Crippen LogP contribution in [0.15, 0.2) is 52.7 Å². The summed E-state index contributed by atoms with van der Waals surface area (Å²) in [4.78, 5) is 42.7. The quantitative estimate of drug-likeness (QED) is 0.173. The number of aromatic hydroxyl groups is 1. The molecule has 15 heteroatoms. The SMILES string of the molecule is O=C(O)c1ccc(NC(=O)[C@H](CN2C(=O)/C(=C/c3cc(-c4ccc(F)c(F)c4)cs3)SC2=S)NCCN2CCOCC2)cc1O. The van der Waals surface area contributed by atoms with E-state index in [-0.39, 0.29) is 28.0 Å². The number of benzene rings is 2. The van der Waals surface area contributed by atoms with Gasteiger partial charge in [-0.2, -0.15) is 0 Å². The first-order valence-electron chi connectivity index (χ1n) is 13.8. The van der Waals surface area contributed by atoms with Crippen molar-refractivity contribution in [3.8, 4) is 16.9 Å². The summed E-state index contributed by atoms with van der Waals surface area (Å²) in [6.07, 6.45) is 1.67. The zero-order valence-electron chi connectivity index (χ0n) is 23.6. The van der Waals surface area contributed by atoms with Crippen molar-refractivity contribution in [2.45, 2.75) is 6.04 Å². The number of thiophene rings is 1. The number of nitrogens with one attached hydrogen (secondary N) is 2. The van der Waals surface area contributed by atoms with Crippen LogP contribution in [0, 0.1) is 11.6 Å². The highest BCUT2D eigenvalue weighted by atomic mass is 32.2. The molecule has 3 heterocycles. The van der Waals surface area contributed by atoms with E-state index in [9.17, 15) is 33.4 Å². The number of hydrogen-bond donors (Lipinski definition) is 4. The molecular weight excluding hydrogens is 647 g/mol. The molecule has 4 N–H and O–H groups in total. The zero-order chi connectivity index (χ0) is 32.1. The summed E-state index contributed by atoms with van der Waals surface area (Å²) in [5.74, 6) is -4.59. The molecule has 0 radical (unpaired) electrons. The van der Waals surface area contributed by atoms with Gasteiger partial charge >= 0.3 is 5.97 Å². The van der Waals surface area contributed by atoms with Crippen LogP contribution in [0.25, 0.3) is 17.2 Å². The number of halogens is 2. The Bertz CT molecular complexity index is 1660. The maximum Gasteiger partial charge on any atom is 0.339 e. The highest BCUT2D eigenvalue weighted by Crippen LogP contribution is 2.35. The summed E-state index contributed by atoms with van der Waals surface area (Å²) in [6, 6.07) is 8.19. The number of ether oxygens (including phenoxy) is 1. The number of morpholine rings is 1. The third-order valence-corrected chi connectivity index (χ3v) is 9.38. The molecule has 2 aliphatic heterocycles. The van der Waals surface area contributed by atoms with Crippen LogP contribution < -0.4 is 10.6 Å². The molecule has 10 nitrogen and oxygen atoms in total. The van der Waals surface area contributed by atoms with Crippen molar-refractivity contribution in [1.82, 2.24) is 15.1 Å². The first kappa shape index (κ1) is 32.7. The highest BCUT2D eigenvalue weighted by molar-refractivity contribution is 8.26. The van der Waals surface area contributed by atoms with Gasteiger partial charge in [0.15, 0.2) is 11.6 Å². The van der Waals surface area contributed by atoms with Crippen LogP contribution >= 0.6 is 35.3 Å². The van der Waals surface area contributed by atoms with Gasteiger partial charge in [0.2, 0.25) is 5.91 Å². The Morgan fingerprint density at radius 3 is 2.58 bits per heavy atom. The average Bonchev–Trinajstić information content (AvgIpc) is 3.58. The van der Waals surface area contributed by atoms with E-state index in [0.29, 0.717) is 47.2 Å². The summed E-state index contributed by atoms with van der Waals surface area (Å²) in [6.45, 7) is 3.73. The number of rotatable bonds is 11. The van der Waals surface area contributed by atoms with Crippen LogP contribution in [-0.2, 0) is 14.3 Å². The molecule has 2 aliphatic rings. The van der Waals surface area contributed by atoms with Gasteiger partial charge in [-0.05, 0) is 52.9 Å². The molecule has 2 aromatic carbocycles. The topological polar surface area (TPSA) is 131 Å². The Morgan fingerprint density at radius 1 is 1.09 bits per heavy atom. The van der Waals surface area contributed by atoms with E-state index < -0.39 is 35.3 Å². The number of carboxylic acids is 1. The average molecular weight is 675 g/mol. The van der Waals surface area contributed by atoms with E-state index in [1.165, 1.54) is 34.4 Å². The Balaban J connectivity index is 1.30. The van der Waals surface area contributed by atoms with Crippen molar-refractivity contribution in [1.29, 1.82) is 0 Å². The molecule has 5 rings (SSSR count). The fourth-order valence-corrected chi connectivity index (χ4v) is 6.89. The number of anilines is 1. The van der Waals surface area contributed by atoms with Gasteiger partial charge in [-0.1, -0.05) is 30.0 Å². The molecule has 2 amide bonds. The molecule has 45 heavy (non-hydrogen) atoms. The van der Waals surface area contributed by atoms with Crippen molar-refractivity contribution >= 4 is 69.2 Å². The van der Waals surface area contributed by atoms with Crippen LogP contribution in [0.5, 0.6) is 5.75 Å². The molecule has 0 saturated carbocycles. The smallest absolute Gasteiger partial charge is 0.339 e. The third kappa shape index (κ3) is 8.11.